The van der Waals surface area contributed by atoms with Gasteiger partial charge in [-0.25, -0.2) is 0 Å². The first-order valence-electron chi connectivity index (χ1n) is 11.5. The summed E-state index contributed by atoms with van der Waals surface area (Å²) in [5.74, 6) is 0. The zero-order valence-electron chi connectivity index (χ0n) is 20.5. The van der Waals surface area contributed by atoms with Crippen molar-refractivity contribution in [1.82, 2.24) is 0 Å². The molecule has 0 heterocycles. The third kappa shape index (κ3) is 8.43. The summed E-state index contributed by atoms with van der Waals surface area (Å²) in [4.78, 5) is 0. The summed E-state index contributed by atoms with van der Waals surface area (Å²) in [7, 11) is 0. The normalized spacial score (nSPS) is 9.67. The van der Waals surface area contributed by atoms with E-state index < -0.39 is 5.43 Å². The van der Waals surface area contributed by atoms with Gasteiger partial charge in [0.25, 0.3) is 0 Å². The molecule has 0 saturated carbocycles. The van der Waals surface area contributed by atoms with Crippen molar-refractivity contribution in [1.29, 1.82) is 0 Å². The first kappa shape index (κ1) is 30.0. The van der Waals surface area contributed by atoms with Gasteiger partial charge in [0.05, 0.1) is 0 Å². The van der Waals surface area contributed by atoms with Gasteiger partial charge in [0.2, 0.25) is 0 Å². The van der Waals surface area contributed by atoms with Gasteiger partial charge in [-0.05, 0) is 0 Å². The Kier molecular flexibility index (Phi) is 12.6. The van der Waals surface area contributed by atoms with Crippen LogP contribution in [0.5, 0.6) is 0 Å². The van der Waals surface area contributed by atoms with Gasteiger partial charge in [0, 0.05) is 0 Å². The molecule has 0 atom stereocenters. The molecule has 4 heteroatoms. The van der Waals surface area contributed by atoms with E-state index >= 15 is 0 Å². The number of benzene rings is 4. The molecule has 0 bridgehead atoms. The molecule has 0 fully saturated rings. The molecule has 6 aromatic carbocycles. The molecular formula is C32H28Cl2SiZr-2. The molecule has 0 aliphatic heterocycles. The second-order valence-electron chi connectivity index (χ2n) is 8.43. The predicted octanol–water partition coefficient (Wildman–Crippen LogP) is 1.08. The summed E-state index contributed by atoms with van der Waals surface area (Å²) in [5.41, 5.74) is 2.24. The fourth-order valence-electron chi connectivity index (χ4n) is 3.99. The van der Waals surface area contributed by atoms with Gasteiger partial charge in [0.1, 0.15) is 0 Å². The van der Waals surface area contributed by atoms with Crippen molar-refractivity contribution in [3.63, 3.8) is 0 Å². The molecule has 0 saturated heterocycles. The first-order chi connectivity index (χ1) is 16.6. The van der Waals surface area contributed by atoms with Crippen molar-refractivity contribution in [3.05, 3.63) is 145 Å². The Hall–Kier alpha value is -2.22. The van der Waals surface area contributed by atoms with Crippen molar-refractivity contribution in [2.24, 2.45) is 0 Å². The number of halogens is 2. The number of hydrogen-bond acceptors (Lipinski definition) is 0. The summed E-state index contributed by atoms with van der Waals surface area (Å²) < 4.78 is 0. The molecule has 0 nitrogen and oxygen atoms in total. The van der Waals surface area contributed by atoms with Crippen molar-refractivity contribution in [2.45, 2.75) is 13.8 Å². The summed E-state index contributed by atoms with van der Waals surface area (Å²) in [5, 5.41) is 8.42. The quantitative estimate of drug-likeness (QED) is 0.206. The second kappa shape index (κ2) is 15.1. The van der Waals surface area contributed by atoms with Crippen LogP contribution in [0.4, 0.5) is 0 Å². The van der Waals surface area contributed by atoms with Crippen LogP contribution in [0.15, 0.2) is 133 Å². The summed E-state index contributed by atoms with van der Waals surface area (Å²) in [6.07, 6.45) is 0. The Morgan fingerprint density at radius 2 is 0.833 bits per heavy atom. The van der Waals surface area contributed by atoms with Crippen LogP contribution in [0.1, 0.15) is 11.1 Å². The fraction of sp³-hybridized carbons (Fsp3) is 0.0625. The van der Waals surface area contributed by atoms with Crippen molar-refractivity contribution < 1.29 is 48.1 Å². The first-order valence-corrected chi connectivity index (χ1v) is 16.7. The van der Waals surface area contributed by atoms with Crippen LogP contribution in [-0.4, -0.2) is 5.43 Å². The van der Waals surface area contributed by atoms with E-state index in [1.807, 2.05) is 0 Å². The summed E-state index contributed by atoms with van der Waals surface area (Å²) in [6.45, 7) is 4.25. The number of hydrogen-bond donors (Lipinski definition) is 0. The van der Waals surface area contributed by atoms with Gasteiger partial charge in [0.15, 0.2) is 0 Å². The van der Waals surface area contributed by atoms with E-state index in [2.05, 4.69) is 147 Å². The van der Waals surface area contributed by atoms with Crippen molar-refractivity contribution in [2.75, 3.05) is 0 Å². The monoisotopic (exact) mass is 600 g/mol. The minimum atomic E-state index is -0.455. The number of aryl methyl sites for hydroxylation is 2. The topological polar surface area (TPSA) is 0 Å². The molecule has 0 spiro atoms. The Morgan fingerprint density at radius 1 is 0.500 bits per heavy atom. The minimum absolute atomic E-state index is 0. The van der Waals surface area contributed by atoms with E-state index in [4.69, 9.17) is 0 Å². The molecule has 0 N–H and O–H groups in total. The molecule has 0 aliphatic carbocycles. The van der Waals surface area contributed by atoms with Crippen LogP contribution in [0.25, 0.3) is 21.5 Å². The van der Waals surface area contributed by atoms with E-state index in [9.17, 15) is 0 Å². The summed E-state index contributed by atoms with van der Waals surface area (Å²) in [6, 6.07) is 47.3. The Bertz CT molecular complexity index is 1300. The number of rotatable bonds is 2. The van der Waals surface area contributed by atoms with Gasteiger partial charge >= 0.3 is 99.8 Å². The van der Waals surface area contributed by atoms with Crippen molar-refractivity contribution >= 4 is 37.4 Å². The average Bonchev–Trinajstić information content (AvgIpc) is 3.46. The molecule has 180 valence electrons. The molecule has 0 aromatic heterocycles. The zero-order valence-corrected chi connectivity index (χ0v) is 25.4. The van der Waals surface area contributed by atoms with Crippen LogP contribution in [0, 0.1) is 13.8 Å². The Morgan fingerprint density at radius 3 is 1.19 bits per heavy atom. The molecule has 0 aliphatic rings. The predicted molar refractivity (Wildman–Crippen MR) is 146 cm³/mol. The van der Waals surface area contributed by atoms with Gasteiger partial charge in [-0.3, -0.25) is 0 Å². The van der Waals surface area contributed by atoms with Gasteiger partial charge in [-0.1, -0.05) is 26.0 Å². The van der Waals surface area contributed by atoms with Crippen LogP contribution in [0.2, 0.25) is 0 Å². The van der Waals surface area contributed by atoms with E-state index in [-0.39, 0.29) is 24.8 Å². The van der Waals surface area contributed by atoms with Gasteiger partial charge < -0.3 is 24.8 Å². The zero-order chi connectivity index (χ0) is 23.8. The van der Waals surface area contributed by atoms with Crippen LogP contribution >= 0.6 is 0 Å². The standard InChI is InChI=1S/C12H10Si.2C10H9.2ClH.Zr/c1-3-7-11(8-4-1)13-12-9-5-2-6-10-12;2*1-8-6-9-4-2-3-5-10(9)7-8;;;/h1-10H;2*2-7H,1H3;2*1H;/q;2*-1;;;+2/p-2. The average molecular weight is 603 g/mol. The fourth-order valence-corrected chi connectivity index (χ4v) is 7.83. The maximum absolute atomic E-state index is 2.25. The van der Waals surface area contributed by atoms with E-state index in [0.717, 1.165) is 0 Å². The molecule has 0 amide bonds. The molecular weight excluding hydrogens is 575 g/mol. The molecule has 0 unspecified atom stereocenters. The van der Waals surface area contributed by atoms with Crippen LogP contribution < -0.4 is 35.2 Å². The third-order valence-electron chi connectivity index (χ3n) is 5.65. The Balaban J connectivity index is 0.000000188. The van der Waals surface area contributed by atoms with E-state index in [1.54, 1.807) is 23.3 Å². The van der Waals surface area contributed by atoms with E-state index in [1.165, 1.54) is 43.0 Å². The molecule has 6 rings (SSSR count). The summed E-state index contributed by atoms with van der Waals surface area (Å²) >= 11 is 1.64. The third-order valence-corrected chi connectivity index (χ3v) is 11.7. The number of fused-ring (bicyclic) bond motifs is 2. The van der Waals surface area contributed by atoms with Crippen LogP contribution in [-0.2, 0) is 23.3 Å². The SMILES string of the molecule is Cc1cc2ccccc2[cH-]1.Cc1cc2ccccc2[cH-]1.[Cl-].[Cl-].[Zr+2]=[Si](c1ccccc1)c1ccccc1. The van der Waals surface area contributed by atoms with Gasteiger partial charge in [-0.15, -0.1) is 81.2 Å². The molecule has 36 heavy (non-hydrogen) atoms. The second-order valence-corrected chi connectivity index (χ2v) is 14.0. The Labute approximate surface area is 242 Å². The maximum atomic E-state index is 2.25. The van der Waals surface area contributed by atoms with E-state index in [0.29, 0.717) is 0 Å². The molecule has 6 aromatic rings. The van der Waals surface area contributed by atoms with Crippen LogP contribution in [0.3, 0.4) is 0 Å². The molecule has 0 radical (unpaired) electrons. The van der Waals surface area contributed by atoms with Gasteiger partial charge in [-0.2, -0.15) is 12.1 Å². The van der Waals surface area contributed by atoms with Crippen molar-refractivity contribution in [3.8, 4) is 0 Å².